The topological polar surface area (TPSA) is 0 Å². The van der Waals surface area contributed by atoms with E-state index in [2.05, 4.69) is 60.7 Å². The lowest BCUT2D eigenvalue weighted by Gasteiger charge is -2.09. The van der Waals surface area contributed by atoms with Crippen molar-refractivity contribution in [1.82, 2.24) is 0 Å². The third kappa shape index (κ3) is 1.26. The van der Waals surface area contributed by atoms with E-state index in [1.54, 1.807) is 0 Å². The van der Waals surface area contributed by atoms with E-state index in [1.165, 1.54) is 32.3 Å². The molecule has 4 rings (SSSR count). The maximum Gasteiger partial charge on any atom is 0 e. The quantitative estimate of drug-likeness (QED) is 0.303. The summed E-state index contributed by atoms with van der Waals surface area (Å²) in [7, 11) is 0. The monoisotopic (exact) mass is 213 g/mol. The van der Waals surface area contributed by atoms with Gasteiger partial charge in [0.1, 0.15) is 0 Å². The summed E-state index contributed by atoms with van der Waals surface area (Å²) in [5, 5.41) is 8.14. The lowest BCUT2D eigenvalue weighted by atomic mass is 9.95. The molecule has 0 amide bonds. The predicted octanol–water partition coefficient (Wildman–Crippen LogP) is 4.20. The molecule has 0 atom stereocenters. The summed E-state index contributed by atoms with van der Waals surface area (Å²) in [6.07, 6.45) is 0. The summed E-state index contributed by atoms with van der Waals surface area (Å²) in [4.78, 5) is 0. The van der Waals surface area contributed by atoms with Gasteiger partial charge in [0.15, 0.2) is 0 Å². The Bertz CT molecular complexity index is 672. The van der Waals surface area contributed by atoms with Crippen LogP contribution in [0.3, 0.4) is 0 Å². The number of benzene rings is 4. The van der Waals surface area contributed by atoms with E-state index in [0.29, 0.717) is 0 Å². The van der Waals surface area contributed by atoms with E-state index in [0.717, 1.165) is 0 Å². The summed E-state index contributed by atoms with van der Waals surface area (Å²) >= 11 is 0. The van der Waals surface area contributed by atoms with Gasteiger partial charge in [0, 0.05) is 8.41 Å². The molecule has 0 bridgehead atoms. The standard InChI is InChI=1S/C16H10.B/c1-3-11-7-9-13-5-2-6-14-10-8-12(4-1)15(11)16(13)14;/h1-10H;. The van der Waals surface area contributed by atoms with Crippen LogP contribution in [0.25, 0.3) is 32.3 Å². The summed E-state index contributed by atoms with van der Waals surface area (Å²) in [6.45, 7) is 0. The molecule has 0 aliphatic heterocycles. The van der Waals surface area contributed by atoms with Gasteiger partial charge in [-0.1, -0.05) is 60.7 Å². The third-order valence-corrected chi connectivity index (χ3v) is 3.39. The maximum atomic E-state index is 2.21. The molecular weight excluding hydrogens is 203 g/mol. The van der Waals surface area contributed by atoms with Crippen LogP contribution in [0.2, 0.25) is 0 Å². The fourth-order valence-electron chi connectivity index (χ4n) is 2.67. The largest absolute Gasteiger partial charge is 0.0610 e. The number of rotatable bonds is 0. The Kier molecular flexibility index (Phi) is 2.09. The van der Waals surface area contributed by atoms with Crippen LogP contribution in [0.1, 0.15) is 0 Å². The molecule has 77 valence electrons. The van der Waals surface area contributed by atoms with Crippen molar-refractivity contribution < 1.29 is 0 Å². The van der Waals surface area contributed by atoms with E-state index in [1.807, 2.05) is 0 Å². The molecule has 0 aliphatic carbocycles. The first-order valence-electron chi connectivity index (χ1n) is 5.56. The van der Waals surface area contributed by atoms with Crippen molar-refractivity contribution >= 4 is 40.7 Å². The van der Waals surface area contributed by atoms with Crippen LogP contribution < -0.4 is 0 Å². The van der Waals surface area contributed by atoms with Gasteiger partial charge in [-0.25, -0.2) is 0 Å². The van der Waals surface area contributed by atoms with Crippen LogP contribution in [-0.4, -0.2) is 8.41 Å². The average molecular weight is 213 g/mol. The molecule has 0 spiro atoms. The second-order valence-corrected chi connectivity index (χ2v) is 4.29. The number of hydrogen-bond acceptors (Lipinski definition) is 0. The van der Waals surface area contributed by atoms with E-state index in [-0.39, 0.29) is 8.41 Å². The Morgan fingerprint density at radius 2 is 0.706 bits per heavy atom. The summed E-state index contributed by atoms with van der Waals surface area (Å²) < 4.78 is 0. The fraction of sp³-hybridized carbons (Fsp3) is 0. The highest BCUT2D eigenvalue weighted by Gasteiger charge is 2.05. The van der Waals surface area contributed by atoms with Crippen LogP contribution >= 0.6 is 0 Å². The highest BCUT2D eigenvalue weighted by atomic mass is 14.1. The first kappa shape index (κ1) is 10.2. The zero-order valence-electron chi connectivity index (χ0n) is 9.35. The molecule has 1 heteroatoms. The first-order chi connectivity index (χ1) is 7.93. The first-order valence-corrected chi connectivity index (χ1v) is 5.56. The maximum absolute atomic E-state index is 2.21. The molecule has 0 saturated carbocycles. The van der Waals surface area contributed by atoms with E-state index in [9.17, 15) is 0 Å². The molecule has 0 fully saturated rings. The van der Waals surface area contributed by atoms with Crippen LogP contribution in [0.4, 0.5) is 0 Å². The zero-order chi connectivity index (χ0) is 10.5. The van der Waals surface area contributed by atoms with Crippen molar-refractivity contribution in [1.29, 1.82) is 0 Å². The minimum Gasteiger partial charge on any atom is -0.0610 e. The molecule has 0 nitrogen and oxygen atoms in total. The van der Waals surface area contributed by atoms with Gasteiger partial charge in [-0.3, -0.25) is 0 Å². The average Bonchev–Trinajstić information content (AvgIpc) is 2.36. The van der Waals surface area contributed by atoms with Gasteiger partial charge in [-0.2, -0.15) is 0 Å². The lowest BCUT2D eigenvalue weighted by Crippen LogP contribution is -1.82. The van der Waals surface area contributed by atoms with Crippen molar-refractivity contribution in [3.8, 4) is 0 Å². The van der Waals surface area contributed by atoms with Gasteiger partial charge in [-0.05, 0) is 32.3 Å². The van der Waals surface area contributed by atoms with Crippen LogP contribution in [-0.2, 0) is 0 Å². The minimum atomic E-state index is 0. The SMILES string of the molecule is [B].c1cc2ccc3cccc4ccc(c1)c2c34. The molecule has 0 heterocycles. The summed E-state index contributed by atoms with van der Waals surface area (Å²) in [5.74, 6) is 0. The van der Waals surface area contributed by atoms with E-state index in [4.69, 9.17) is 0 Å². The van der Waals surface area contributed by atoms with Gasteiger partial charge in [0.2, 0.25) is 0 Å². The normalized spacial score (nSPS) is 11.1. The van der Waals surface area contributed by atoms with Gasteiger partial charge >= 0.3 is 0 Å². The summed E-state index contributed by atoms with van der Waals surface area (Å²) in [5.41, 5.74) is 0. The lowest BCUT2D eigenvalue weighted by molar-refractivity contribution is 1.78. The fourth-order valence-corrected chi connectivity index (χ4v) is 2.67. The molecule has 0 unspecified atom stereocenters. The molecule has 4 aromatic rings. The Hall–Kier alpha value is -2.02. The minimum absolute atomic E-state index is 0. The molecule has 0 aromatic heterocycles. The number of hydrogen-bond donors (Lipinski definition) is 0. The summed E-state index contributed by atoms with van der Waals surface area (Å²) in [6, 6.07) is 21.9. The van der Waals surface area contributed by atoms with Gasteiger partial charge in [0.05, 0.1) is 0 Å². The van der Waals surface area contributed by atoms with Crippen molar-refractivity contribution in [3.63, 3.8) is 0 Å². The molecule has 17 heavy (non-hydrogen) atoms. The second kappa shape index (κ2) is 3.49. The second-order valence-electron chi connectivity index (χ2n) is 4.29. The van der Waals surface area contributed by atoms with Gasteiger partial charge in [-0.15, -0.1) is 0 Å². The van der Waals surface area contributed by atoms with E-state index >= 15 is 0 Å². The Morgan fingerprint density at radius 1 is 0.412 bits per heavy atom. The highest BCUT2D eigenvalue weighted by molar-refractivity contribution is 6.22. The van der Waals surface area contributed by atoms with Crippen LogP contribution in [0.5, 0.6) is 0 Å². The molecule has 0 N–H and O–H groups in total. The highest BCUT2D eigenvalue weighted by Crippen LogP contribution is 2.33. The van der Waals surface area contributed by atoms with E-state index < -0.39 is 0 Å². The molecule has 3 radical (unpaired) electrons. The molecule has 0 saturated heterocycles. The Labute approximate surface area is 102 Å². The zero-order valence-corrected chi connectivity index (χ0v) is 9.35. The van der Waals surface area contributed by atoms with Gasteiger partial charge < -0.3 is 0 Å². The van der Waals surface area contributed by atoms with Crippen molar-refractivity contribution in [2.45, 2.75) is 0 Å². The third-order valence-electron chi connectivity index (χ3n) is 3.39. The van der Waals surface area contributed by atoms with Crippen molar-refractivity contribution in [2.24, 2.45) is 0 Å². The molecule has 0 aliphatic rings. The smallest absolute Gasteiger partial charge is 0 e. The van der Waals surface area contributed by atoms with Crippen molar-refractivity contribution in [3.05, 3.63) is 60.7 Å². The van der Waals surface area contributed by atoms with Crippen LogP contribution in [0.15, 0.2) is 60.7 Å². The Morgan fingerprint density at radius 3 is 1.00 bits per heavy atom. The molecular formula is C16H10B. The van der Waals surface area contributed by atoms with Gasteiger partial charge in [0.25, 0.3) is 0 Å². The van der Waals surface area contributed by atoms with Crippen molar-refractivity contribution in [2.75, 3.05) is 0 Å². The van der Waals surface area contributed by atoms with Crippen LogP contribution in [0, 0.1) is 0 Å². The predicted molar refractivity (Wildman–Crippen MR) is 75.9 cm³/mol. The Balaban J connectivity index is 0.000000902. The molecule has 4 aromatic carbocycles.